The predicted octanol–water partition coefficient (Wildman–Crippen LogP) is 7.98. The van der Waals surface area contributed by atoms with E-state index in [4.69, 9.17) is 4.42 Å². The van der Waals surface area contributed by atoms with Crippen LogP contribution in [0.2, 0.25) is 0 Å². The maximum Gasteiger partial charge on any atom is 0.346 e. The van der Waals surface area contributed by atoms with Crippen molar-refractivity contribution in [1.29, 1.82) is 0 Å². The quantitative estimate of drug-likeness (QED) is 0.257. The van der Waals surface area contributed by atoms with Crippen LogP contribution in [0.1, 0.15) is 44.4 Å². The zero-order valence-electron chi connectivity index (χ0n) is 19.0. The maximum atomic E-state index is 15.3. The van der Waals surface area contributed by atoms with Gasteiger partial charge in [-0.1, -0.05) is 63.1 Å². The monoisotopic (exact) mass is 468 g/mol. The molecule has 4 aromatic rings. The molecule has 1 aromatic heterocycles. The molecule has 0 fully saturated rings. The molecule has 0 N–H and O–H groups in total. The molecule has 0 aliphatic carbocycles. The first-order chi connectivity index (χ1) is 16.3. The van der Waals surface area contributed by atoms with E-state index in [1.807, 2.05) is 13.8 Å². The topological polar surface area (TPSA) is 30.2 Å². The molecule has 4 rings (SSSR count). The molecule has 0 atom stereocenters. The van der Waals surface area contributed by atoms with Crippen LogP contribution in [-0.4, -0.2) is 0 Å². The molecule has 176 valence electrons. The van der Waals surface area contributed by atoms with Gasteiger partial charge in [-0.25, -0.2) is 22.4 Å². The second-order valence-electron chi connectivity index (χ2n) is 8.35. The summed E-state index contributed by atoms with van der Waals surface area (Å²) in [6.07, 6.45) is 3.76. The summed E-state index contributed by atoms with van der Waals surface area (Å²) in [6, 6.07) is 11.2. The first-order valence-electron chi connectivity index (χ1n) is 11.4. The van der Waals surface area contributed by atoms with Crippen LogP contribution in [0.3, 0.4) is 0 Å². The van der Waals surface area contributed by atoms with Gasteiger partial charge in [-0.3, -0.25) is 0 Å². The Morgan fingerprint density at radius 2 is 1.32 bits per heavy atom. The molecule has 6 heteroatoms. The van der Waals surface area contributed by atoms with Gasteiger partial charge in [0.05, 0.1) is 0 Å². The molecular formula is C28H24F4O2. The Morgan fingerprint density at radius 1 is 0.706 bits per heavy atom. The molecule has 3 aromatic carbocycles. The third kappa shape index (κ3) is 4.37. The lowest BCUT2D eigenvalue weighted by atomic mass is 9.95. The van der Waals surface area contributed by atoms with Gasteiger partial charge < -0.3 is 4.42 Å². The van der Waals surface area contributed by atoms with E-state index in [2.05, 4.69) is 0 Å². The molecule has 0 amide bonds. The van der Waals surface area contributed by atoms with Crippen LogP contribution in [0.15, 0.2) is 57.7 Å². The molecular weight excluding hydrogens is 444 g/mol. The van der Waals surface area contributed by atoms with Crippen molar-refractivity contribution in [3.63, 3.8) is 0 Å². The standard InChI is InChI=1S/C28H24F4O2/c1-3-5-7-18-15-17-9-11-21(25(30)24(17)28(33)34-18)22-13-12-20(26(31)27(22)32)19-10-8-16(6-4-2)14-23(19)29/h8-15H,3-7H2,1-2H3. The van der Waals surface area contributed by atoms with Crippen molar-refractivity contribution in [2.24, 2.45) is 0 Å². The highest BCUT2D eigenvalue weighted by molar-refractivity contribution is 5.88. The number of unbranched alkanes of at least 4 members (excludes halogenated alkanes) is 1. The first-order valence-corrected chi connectivity index (χ1v) is 11.4. The summed E-state index contributed by atoms with van der Waals surface area (Å²) in [5, 5.41) is 0.00883. The number of hydrogen-bond donors (Lipinski definition) is 0. The fraction of sp³-hybridized carbons (Fsp3) is 0.250. The van der Waals surface area contributed by atoms with E-state index >= 15 is 13.2 Å². The Labute approximate surface area is 194 Å². The average molecular weight is 468 g/mol. The number of hydrogen-bond acceptors (Lipinski definition) is 2. The molecule has 0 spiro atoms. The van der Waals surface area contributed by atoms with Gasteiger partial charge in [0.1, 0.15) is 22.8 Å². The molecule has 0 unspecified atom stereocenters. The van der Waals surface area contributed by atoms with Gasteiger partial charge in [0.2, 0.25) is 0 Å². The SMILES string of the molecule is CCCCc1cc2ccc(-c3ccc(-c4ccc(CCC)cc4F)c(F)c3F)c(F)c2c(=O)o1. The van der Waals surface area contributed by atoms with Crippen molar-refractivity contribution < 1.29 is 22.0 Å². The van der Waals surface area contributed by atoms with Crippen molar-refractivity contribution >= 4 is 10.8 Å². The Bertz CT molecular complexity index is 1420. The van der Waals surface area contributed by atoms with Crippen LogP contribution in [-0.2, 0) is 12.8 Å². The highest BCUT2D eigenvalue weighted by Gasteiger charge is 2.22. The lowest BCUT2D eigenvalue weighted by molar-refractivity contribution is 0.457. The van der Waals surface area contributed by atoms with Crippen LogP contribution in [0.4, 0.5) is 17.6 Å². The predicted molar refractivity (Wildman–Crippen MR) is 126 cm³/mol. The number of rotatable bonds is 7. The summed E-state index contributed by atoms with van der Waals surface area (Å²) in [7, 11) is 0. The second-order valence-corrected chi connectivity index (χ2v) is 8.35. The first kappa shape index (κ1) is 23.7. The van der Waals surface area contributed by atoms with Gasteiger partial charge in [-0.15, -0.1) is 0 Å². The van der Waals surface area contributed by atoms with Crippen LogP contribution in [0, 0.1) is 23.3 Å². The van der Waals surface area contributed by atoms with E-state index in [9.17, 15) is 9.18 Å². The minimum atomic E-state index is -1.32. The molecule has 1 heterocycles. The minimum absolute atomic E-state index is 0.0814. The highest BCUT2D eigenvalue weighted by atomic mass is 19.2. The van der Waals surface area contributed by atoms with Gasteiger partial charge in [0.25, 0.3) is 0 Å². The molecule has 0 saturated heterocycles. The second kappa shape index (κ2) is 9.84. The minimum Gasteiger partial charge on any atom is -0.427 e. The van der Waals surface area contributed by atoms with E-state index in [-0.39, 0.29) is 27.6 Å². The van der Waals surface area contributed by atoms with E-state index in [0.29, 0.717) is 24.0 Å². The smallest absolute Gasteiger partial charge is 0.346 e. The van der Waals surface area contributed by atoms with Crippen LogP contribution >= 0.6 is 0 Å². The lowest BCUT2D eigenvalue weighted by Gasteiger charge is -2.12. The van der Waals surface area contributed by atoms with Gasteiger partial charge in [-0.05, 0) is 35.9 Å². The number of aryl methyl sites for hydroxylation is 2. The van der Waals surface area contributed by atoms with E-state index in [1.165, 1.54) is 36.4 Å². The zero-order valence-corrected chi connectivity index (χ0v) is 19.0. The fourth-order valence-corrected chi connectivity index (χ4v) is 4.16. The fourth-order valence-electron chi connectivity index (χ4n) is 4.16. The Hall–Kier alpha value is -3.41. The largest absolute Gasteiger partial charge is 0.427 e. The van der Waals surface area contributed by atoms with Crippen molar-refractivity contribution in [3.8, 4) is 22.3 Å². The Morgan fingerprint density at radius 3 is 1.97 bits per heavy atom. The zero-order chi connectivity index (χ0) is 24.4. The molecule has 0 saturated carbocycles. The average Bonchev–Trinajstić information content (AvgIpc) is 2.81. The number of fused-ring (bicyclic) bond motifs is 1. The molecule has 0 bridgehead atoms. The van der Waals surface area contributed by atoms with Gasteiger partial charge in [0, 0.05) is 28.7 Å². The molecule has 0 aliphatic heterocycles. The van der Waals surface area contributed by atoms with Crippen molar-refractivity contribution in [3.05, 3.63) is 93.5 Å². The third-order valence-electron chi connectivity index (χ3n) is 5.93. The number of halogens is 4. The van der Waals surface area contributed by atoms with Crippen LogP contribution in [0.25, 0.3) is 33.0 Å². The Balaban J connectivity index is 1.79. The molecule has 34 heavy (non-hydrogen) atoms. The summed E-state index contributed by atoms with van der Waals surface area (Å²) in [6.45, 7) is 3.96. The van der Waals surface area contributed by atoms with Gasteiger partial charge in [0.15, 0.2) is 11.6 Å². The Kier molecular flexibility index (Phi) is 6.87. The van der Waals surface area contributed by atoms with Crippen molar-refractivity contribution in [2.75, 3.05) is 0 Å². The van der Waals surface area contributed by atoms with Crippen molar-refractivity contribution in [1.82, 2.24) is 0 Å². The molecule has 0 radical (unpaired) electrons. The summed E-state index contributed by atoms with van der Waals surface area (Å²) >= 11 is 0. The van der Waals surface area contributed by atoms with Crippen molar-refractivity contribution in [2.45, 2.75) is 46.0 Å². The highest BCUT2D eigenvalue weighted by Crippen LogP contribution is 2.35. The summed E-state index contributed by atoms with van der Waals surface area (Å²) in [5.74, 6) is -3.82. The van der Waals surface area contributed by atoms with Crippen LogP contribution in [0.5, 0.6) is 0 Å². The van der Waals surface area contributed by atoms with E-state index in [1.54, 1.807) is 12.1 Å². The summed E-state index contributed by atoms with van der Waals surface area (Å²) < 4.78 is 65.2. The molecule has 0 aliphatic rings. The van der Waals surface area contributed by atoms with Crippen LogP contribution < -0.4 is 5.63 Å². The van der Waals surface area contributed by atoms with E-state index < -0.39 is 28.9 Å². The summed E-state index contributed by atoms with van der Waals surface area (Å²) in [5.41, 5.74) is -1.09. The van der Waals surface area contributed by atoms with Gasteiger partial charge >= 0.3 is 5.63 Å². The third-order valence-corrected chi connectivity index (χ3v) is 5.93. The van der Waals surface area contributed by atoms with Gasteiger partial charge in [-0.2, -0.15) is 0 Å². The lowest BCUT2D eigenvalue weighted by Crippen LogP contribution is -2.06. The maximum absolute atomic E-state index is 15.3. The summed E-state index contributed by atoms with van der Waals surface area (Å²) in [4.78, 5) is 12.5. The van der Waals surface area contributed by atoms with E-state index in [0.717, 1.165) is 24.8 Å². The molecule has 2 nitrogen and oxygen atoms in total. The number of benzene rings is 3. The normalized spacial score (nSPS) is 11.4.